The van der Waals surface area contributed by atoms with Crippen molar-refractivity contribution in [1.29, 1.82) is 0 Å². The Kier molecular flexibility index (Phi) is 4.69. The van der Waals surface area contributed by atoms with Crippen LogP contribution in [0.1, 0.15) is 19.7 Å². The zero-order valence-electron chi connectivity index (χ0n) is 11.9. The van der Waals surface area contributed by atoms with Crippen molar-refractivity contribution in [3.63, 3.8) is 0 Å². The number of benzene rings is 1. The number of rotatable bonds is 6. The van der Waals surface area contributed by atoms with Crippen molar-refractivity contribution in [3.05, 3.63) is 42.4 Å². The van der Waals surface area contributed by atoms with Gasteiger partial charge in [0.15, 0.2) is 5.76 Å². The predicted molar refractivity (Wildman–Crippen MR) is 82.9 cm³/mol. The van der Waals surface area contributed by atoms with Crippen molar-refractivity contribution in [2.24, 2.45) is 5.73 Å². The topological polar surface area (TPSA) is 89.4 Å². The molecular weight excluding hydrogens is 288 g/mol. The number of aliphatic carboxylic acids is 1. The van der Waals surface area contributed by atoms with Crippen molar-refractivity contribution in [2.45, 2.75) is 30.4 Å². The van der Waals surface area contributed by atoms with Crippen LogP contribution in [0, 0.1) is 0 Å². The monoisotopic (exact) mass is 306 g/mol. The van der Waals surface area contributed by atoms with E-state index >= 15 is 0 Å². The quantitative estimate of drug-likeness (QED) is 0.853. The van der Waals surface area contributed by atoms with Crippen LogP contribution in [-0.4, -0.2) is 26.8 Å². The first-order valence-corrected chi connectivity index (χ1v) is 7.51. The van der Waals surface area contributed by atoms with E-state index in [2.05, 4.69) is 4.98 Å². The van der Waals surface area contributed by atoms with Crippen molar-refractivity contribution in [3.8, 4) is 11.3 Å². The first-order valence-electron chi connectivity index (χ1n) is 6.52. The molecule has 0 bridgehead atoms. The van der Waals surface area contributed by atoms with Gasteiger partial charge in [-0.2, -0.15) is 0 Å². The summed E-state index contributed by atoms with van der Waals surface area (Å²) >= 11 is 1.41. The highest BCUT2D eigenvalue weighted by molar-refractivity contribution is 7.99. The van der Waals surface area contributed by atoms with Gasteiger partial charge in [-0.05, 0) is 13.8 Å². The minimum absolute atomic E-state index is 0.473. The van der Waals surface area contributed by atoms with Gasteiger partial charge in [0.05, 0.1) is 11.9 Å². The van der Waals surface area contributed by atoms with Crippen molar-refractivity contribution in [2.75, 3.05) is 0 Å². The van der Waals surface area contributed by atoms with Gasteiger partial charge in [-0.3, -0.25) is 4.79 Å². The second-order valence-electron chi connectivity index (χ2n) is 5.19. The molecule has 1 atom stereocenters. The molecule has 0 fully saturated rings. The van der Waals surface area contributed by atoms with Gasteiger partial charge in [-0.1, -0.05) is 30.3 Å². The molecule has 0 saturated carbocycles. The standard InChI is InChI=1S/C15H18N2O3S/c1-15(2,13(16)14(18)19)21-9-12-17-8-11(20-12)10-6-4-3-5-7-10/h3-8,13H,9,16H2,1-2H3,(H,18,19)/t13-/m1/s1. The number of nitrogens with zero attached hydrogens (tertiary/aromatic N) is 1. The van der Waals surface area contributed by atoms with Crippen LogP contribution in [0.5, 0.6) is 0 Å². The van der Waals surface area contributed by atoms with Crippen LogP contribution in [0.3, 0.4) is 0 Å². The van der Waals surface area contributed by atoms with Gasteiger partial charge in [0.2, 0.25) is 5.89 Å². The summed E-state index contributed by atoms with van der Waals surface area (Å²) in [5, 5.41) is 8.99. The van der Waals surface area contributed by atoms with E-state index in [-0.39, 0.29) is 0 Å². The fraction of sp³-hybridized carbons (Fsp3) is 0.333. The summed E-state index contributed by atoms with van der Waals surface area (Å²) in [4.78, 5) is 15.2. The minimum Gasteiger partial charge on any atom is -0.480 e. The predicted octanol–water partition coefficient (Wildman–Crippen LogP) is 2.77. The lowest BCUT2D eigenvalue weighted by molar-refractivity contribution is -0.139. The number of carbonyl (C=O) groups is 1. The van der Waals surface area contributed by atoms with Crippen LogP contribution in [0.2, 0.25) is 0 Å². The molecule has 0 aliphatic heterocycles. The molecule has 2 aromatic rings. The maximum Gasteiger partial charge on any atom is 0.321 e. The molecule has 0 spiro atoms. The van der Waals surface area contributed by atoms with Crippen molar-refractivity contribution < 1.29 is 14.3 Å². The van der Waals surface area contributed by atoms with Gasteiger partial charge >= 0.3 is 5.97 Å². The van der Waals surface area contributed by atoms with E-state index in [1.807, 2.05) is 30.3 Å². The number of aromatic nitrogens is 1. The van der Waals surface area contributed by atoms with Gasteiger partial charge in [-0.25, -0.2) is 4.98 Å². The molecule has 1 heterocycles. The lowest BCUT2D eigenvalue weighted by Crippen LogP contribution is -2.46. The smallest absolute Gasteiger partial charge is 0.321 e. The fourth-order valence-corrected chi connectivity index (χ4v) is 2.66. The van der Waals surface area contributed by atoms with Gasteiger partial charge in [0.25, 0.3) is 0 Å². The summed E-state index contributed by atoms with van der Waals surface area (Å²) in [5.74, 6) is 0.724. The average Bonchev–Trinajstić information content (AvgIpc) is 2.94. The molecule has 2 rings (SSSR count). The SMILES string of the molecule is CC(C)(SCc1ncc(-c2ccccc2)o1)[C@H](N)C(=O)O. The van der Waals surface area contributed by atoms with Gasteiger partial charge < -0.3 is 15.3 Å². The third-order valence-corrected chi connectivity index (χ3v) is 4.58. The molecule has 0 radical (unpaired) electrons. The molecule has 5 nitrogen and oxygen atoms in total. The molecule has 0 saturated heterocycles. The third kappa shape index (κ3) is 3.86. The summed E-state index contributed by atoms with van der Waals surface area (Å²) < 4.78 is 5.08. The Balaban J connectivity index is 2.02. The number of carboxylic acids is 1. The summed E-state index contributed by atoms with van der Waals surface area (Å²) in [6.45, 7) is 3.61. The van der Waals surface area contributed by atoms with E-state index in [1.54, 1.807) is 20.0 Å². The first kappa shape index (κ1) is 15.6. The summed E-state index contributed by atoms with van der Waals surface area (Å²) in [5.41, 5.74) is 6.64. The average molecular weight is 306 g/mol. The normalized spacial score (nSPS) is 13.1. The highest BCUT2D eigenvalue weighted by Crippen LogP contribution is 2.31. The molecule has 112 valence electrons. The summed E-state index contributed by atoms with van der Waals surface area (Å²) in [6, 6.07) is 8.75. The second-order valence-corrected chi connectivity index (χ2v) is 6.82. The van der Waals surface area contributed by atoms with E-state index in [1.165, 1.54) is 11.8 Å². The molecule has 0 aliphatic carbocycles. The Morgan fingerprint density at radius 2 is 2.10 bits per heavy atom. The molecule has 0 unspecified atom stereocenters. The minimum atomic E-state index is -1.01. The molecule has 0 aliphatic rings. The number of carboxylic acid groups (broad SMARTS) is 1. The molecule has 1 aromatic heterocycles. The Bertz CT molecular complexity index is 610. The van der Waals surface area contributed by atoms with E-state index in [4.69, 9.17) is 15.3 Å². The number of thioether (sulfide) groups is 1. The lowest BCUT2D eigenvalue weighted by atomic mass is 10.1. The lowest BCUT2D eigenvalue weighted by Gasteiger charge is -2.27. The highest BCUT2D eigenvalue weighted by atomic mass is 32.2. The van der Waals surface area contributed by atoms with Crippen LogP contribution in [-0.2, 0) is 10.5 Å². The maximum atomic E-state index is 11.0. The van der Waals surface area contributed by atoms with E-state index < -0.39 is 16.8 Å². The second kappa shape index (κ2) is 6.32. The summed E-state index contributed by atoms with van der Waals surface area (Å²) in [7, 11) is 0. The Morgan fingerprint density at radius 1 is 1.43 bits per heavy atom. The van der Waals surface area contributed by atoms with Crippen molar-refractivity contribution >= 4 is 17.7 Å². The van der Waals surface area contributed by atoms with Gasteiger partial charge in [-0.15, -0.1) is 11.8 Å². The molecule has 1 aromatic carbocycles. The maximum absolute atomic E-state index is 11.0. The Morgan fingerprint density at radius 3 is 2.71 bits per heavy atom. The highest BCUT2D eigenvalue weighted by Gasteiger charge is 2.32. The van der Waals surface area contributed by atoms with E-state index in [0.717, 1.165) is 5.56 Å². The van der Waals surface area contributed by atoms with Crippen molar-refractivity contribution in [1.82, 2.24) is 4.98 Å². The first-order chi connectivity index (χ1) is 9.90. The Labute approximate surface area is 127 Å². The zero-order valence-corrected chi connectivity index (χ0v) is 12.8. The van der Waals surface area contributed by atoms with Crippen LogP contribution in [0.4, 0.5) is 0 Å². The molecule has 6 heteroatoms. The Hall–Kier alpha value is -1.79. The fourth-order valence-electron chi connectivity index (χ4n) is 1.75. The van der Waals surface area contributed by atoms with Crippen LogP contribution >= 0.6 is 11.8 Å². The van der Waals surface area contributed by atoms with Crippen LogP contribution < -0.4 is 5.73 Å². The number of oxazole rings is 1. The molecule has 0 amide bonds. The van der Waals surface area contributed by atoms with E-state index in [0.29, 0.717) is 17.4 Å². The third-order valence-electron chi connectivity index (χ3n) is 3.19. The largest absolute Gasteiger partial charge is 0.480 e. The molecule has 21 heavy (non-hydrogen) atoms. The van der Waals surface area contributed by atoms with Crippen LogP contribution in [0.25, 0.3) is 11.3 Å². The van der Waals surface area contributed by atoms with Gasteiger partial charge in [0, 0.05) is 10.3 Å². The number of nitrogens with two attached hydrogens (primary N) is 1. The molecular formula is C15H18N2O3S. The van der Waals surface area contributed by atoms with Gasteiger partial charge in [0.1, 0.15) is 6.04 Å². The summed E-state index contributed by atoms with van der Waals surface area (Å²) in [6.07, 6.45) is 1.68. The number of hydrogen-bond donors (Lipinski definition) is 2. The zero-order chi connectivity index (χ0) is 15.5. The van der Waals surface area contributed by atoms with E-state index in [9.17, 15) is 4.79 Å². The molecule has 3 N–H and O–H groups in total. The van der Waals surface area contributed by atoms with Crippen LogP contribution in [0.15, 0.2) is 40.9 Å². The number of hydrogen-bond acceptors (Lipinski definition) is 5.